The molecule has 1 aromatic heterocycles. The van der Waals surface area contributed by atoms with Crippen LogP contribution in [0.1, 0.15) is 0 Å². The van der Waals surface area contributed by atoms with E-state index in [9.17, 15) is 0 Å². The van der Waals surface area contributed by atoms with Crippen molar-refractivity contribution in [1.29, 1.82) is 0 Å². The maximum atomic E-state index is 4.73. The van der Waals surface area contributed by atoms with Gasteiger partial charge in [0.2, 0.25) is 0 Å². The third-order valence-corrected chi connectivity index (χ3v) is 7.67. The first-order valence-corrected chi connectivity index (χ1v) is 14.2. The van der Waals surface area contributed by atoms with E-state index in [1.807, 2.05) is 12.1 Å². The quantitative estimate of drug-likeness (QED) is 0.211. The fourth-order valence-electron chi connectivity index (χ4n) is 5.37. The third-order valence-electron chi connectivity index (χ3n) is 7.67. The Hall–Kier alpha value is -5.60. The predicted octanol–water partition coefficient (Wildman–Crippen LogP) is 10.5. The van der Waals surface area contributed by atoms with Crippen molar-refractivity contribution in [2.45, 2.75) is 0 Å². The molecular weight excluding hydrogens is 508 g/mol. The average Bonchev–Trinajstić information content (AvgIpc) is 3.09. The first-order chi connectivity index (χ1) is 20.8. The minimum absolute atomic E-state index is 0.878. The lowest BCUT2D eigenvalue weighted by Gasteiger charge is -2.10. The maximum absolute atomic E-state index is 4.73. The van der Waals surface area contributed by atoms with Crippen LogP contribution in [0.3, 0.4) is 0 Å². The largest absolute Gasteiger partial charge is 0.252 e. The van der Waals surface area contributed by atoms with Crippen molar-refractivity contribution >= 4 is 0 Å². The molecule has 198 valence electrons. The molecule has 0 aliphatic carbocycles. The van der Waals surface area contributed by atoms with E-state index in [-0.39, 0.29) is 0 Å². The van der Waals surface area contributed by atoms with Gasteiger partial charge in [0, 0.05) is 23.5 Å². The third kappa shape index (κ3) is 5.26. The van der Waals surface area contributed by atoms with E-state index < -0.39 is 0 Å². The van der Waals surface area contributed by atoms with E-state index in [1.54, 1.807) is 12.4 Å². The van der Waals surface area contributed by atoms with Crippen molar-refractivity contribution in [2.24, 2.45) is 0 Å². The Balaban J connectivity index is 1.11. The van der Waals surface area contributed by atoms with Gasteiger partial charge in [0.15, 0.2) is 0 Å². The Morgan fingerprint density at radius 3 is 0.690 bits per heavy atom. The van der Waals surface area contributed by atoms with E-state index in [4.69, 9.17) is 9.97 Å². The Bertz CT molecular complexity index is 1760. The Kier molecular flexibility index (Phi) is 6.94. The van der Waals surface area contributed by atoms with E-state index in [1.165, 1.54) is 44.5 Å². The fraction of sp³-hybridized carbons (Fsp3) is 0. The van der Waals surface area contributed by atoms with Gasteiger partial charge in [-0.15, -0.1) is 0 Å². The lowest BCUT2D eigenvalue weighted by Crippen LogP contribution is -1.92. The van der Waals surface area contributed by atoms with Gasteiger partial charge in [-0.1, -0.05) is 158 Å². The second-order valence-electron chi connectivity index (χ2n) is 10.3. The molecule has 0 saturated carbocycles. The maximum Gasteiger partial charge on any atom is 0.0965 e. The van der Waals surface area contributed by atoms with Gasteiger partial charge >= 0.3 is 0 Å². The minimum atomic E-state index is 0.878. The van der Waals surface area contributed by atoms with Crippen LogP contribution in [-0.2, 0) is 0 Å². The Labute approximate surface area is 246 Å². The molecule has 0 aliphatic heterocycles. The average molecular weight is 537 g/mol. The molecular formula is C40H28N2. The normalized spacial score (nSPS) is 10.9. The zero-order valence-corrected chi connectivity index (χ0v) is 23.1. The molecule has 6 aromatic carbocycles. The minimum Gasteiger partial charge on any atom is -0.252 e. The molecule has 42 heavy (non-hydrogen) atoms. The van der Waals surface area contributed by atoms with Crippen LogP contribution < -0.4 is 0 Å². The molecule has 7 aromatic rings. The summed E-state index contributed by atoms with van der Waals surface area (Å²) < 4.78 is 0. The summed E-state index contributed by atoms with van der Waals surface area (Å²) in [5, 5.41) is 0. The first-order valence-electron chi connectivity index (χ1n) is 14.2. The summed E-state index contributed by atoms with van der Waals surface area (Å²) in [4.78, 5) is 9.46. The summed E-state index contributed by atoms with van der Waals surface area (Å²) in [6, 6.07) is 55.6. The number of rotatable bonds is 6. The van der Waals surface area contributed by atoms with Crippen molar-refractivity contribution in [3.8, 4) is 67.0 Å². The molecule has 2 heteroatoms. The van der Waals surface area contributed by atoms with Gasteiger partial charge in [-0.05, 0) is 44.5 Å². The molecule has 0 spiro atoms. The summed E-state index contributed by atoms with van der Waals surface area (Å²) in [5.74, 6) is 0. The van der Waals surface area contributed by atoms with Gasteiger partial charge < -0.3 is 0 Å². The predicted molar refractivity (Wildman–Crippen MR) is 175 cm³/mol. The summed E-state index contributed by atoms with van der Waals surface area (Å²) >= 11 is 0. The smallest absolute Gasteiger partial charge is 0.0965 e. The number of hydrogen-bond donors (Lipinski definition) is 0. The second-order valence-corrected chi connectivity index (χ2v) is 10.3. The molecule has 0 amide bonds. The lowest BCUT2D eigenvalue weighted by atomic mass is 9.97. The number of benzene rings is 6. The fourth-order valence-corrected chi connectivity index (χ4v) is 5.37. The molecule has 0 N–H and O–H groups in total. The van der Waals surface area contributed by atoms with Crippen molar-refractivity contribution in [3.63, 3.8) is 0 Å². The molecule has 1 heterocycles. The van der Waals surface area contributed by atoms with E-state index >= 15 is 0 Å². The molecule has 7 rings (SSSR count). The van der Waals surface area contributed by atoms with E-state index in [0.717, 1.165) is 22.5 Å². The summed E-state index contributed by atoms with van der Waals surface area (Å²) in [6.45, 7) is 0. The van der Waals surface area contributed by atoms with Crippen LogP contribution >= 0.6 is 0 Å². The molecule has 0 atom stereocenters. The molecule has 0 saturated heterocycles. The van der Waals surface area contributed by atoms with Gasteiger partial charge in [-0.3, -0.25) is 9.97 Å². The van der Waals surface area contributed by atoms with Crippen LogP contribution in [-0.4, -0.2) is 9.97 Å². The monoisotopic (exact) mass is 536 g/mol. The molecule has 0 bridgehead atoms. The topological polar surface area (TPSA) is 25.8 Å². The molecule has 0 radical (unpaired) electrons. The standard InChI is InChI=1S/C40H28N2/c1-3-7-29(8-4-1)31-11-15-33(16-12-31)35-19-23-37(24-20-35)39-40(42-28-27-41-39)38-25-21-36(22-26-38)34-17-13-32(14-18-34)30-9-5-2-6-10-30/h1-28H. The molecule has 0 aliphatic rings. The van der Waals surface area contributed by atoms with Crippen LogP contribution in [0.4, 0.5) is 0 Å². The zero-order chi connectivity index (χ0) is 28.1. The summed E-state index contributed by atoms with van der Waals surface area (Å²) in [5.41, 5.74) is 13.5. The molecule has 2 nitrogen and oxygen atoms in total. The van der Waals surface area contributed by atoms with Gasteiger partial charge in [0.25, 0.3) is 0 Å². The van der Waals surface area contributed by atoms with Crippen molar-refractivity contribution < 1.29 is 0 Å². The van der Waals surface area contributed by atoms with Crippen LogP contribution in [0.5, 0.6) is 0 Å². The Morgan fingerprint density at radius 1 is 0.214 bits per heavy atom. The highest BCUT2D eigenvalue weighted by Gasteiger charge is 2.11. The van der Waals surface area contributed by atoms with Crippen molar-refractivity contribution in [3.05, 3.63) is 170 Å². The number of hydrogen-bond acceptors (Lipinski definition) is 2. The van der Waals surface area contributed by atoms with E-state index in [2.05, 4.69) is 146 Å². The molecule has 0 fully saturated rings. The highest BCUT2D eigenvalue weighted by molar-refractivity contribution is 5.81. The second kappa shape index (κ2) is 11.5. The highest BCUT2D eigenvalue weighted by atomic mass is 14.8. The van der Waals surface area contributed by atoms with E-state index in [0.29, 0.717) is 0 Å². The van der Waals surface area contributed by atoms with Crippen molar-refractivity contribution in [2.75, 3.05) is 0 Å². The number of aromatic nitrogens is 2. The number of nitrogens with zero attached hydrogens (tertiary/aromatic N) is 2. The van der Waals surface area contributed by atoms with Gasteiger partial charge in [0.05, 0.1) is 11.4 Å². The lowest BCUT2D eigenvalue weighted by molar-refractivity contribution is 1.21. The summed E-state index contributed by atoms with van der Waals surface area (Å²) in [6.07, 6.45) is 3.52. The van der Waals surface area contributed by atoms with Crippen LogP contribution in [0.2, 0.25) is 0 Å². The van der Waals surface area contributed by atoms with Crippen LogP contribution in [0.25, 0.3) is 67.0 Å². The highest BCUT2D eigenvalue weighted by Crippen LogP contribution is 2.32. The zero-order valence-electron chi connectivity index (χ0n) is 23.1. The van der Waals surface area contributed by atoms with Crippen LogP contribution in [0, 0.1) is 0 Å². The summed E-state index contributed by atoms with van der Waals surface area (Å²) in [7, 11) is 0. The molecule has 0 unspecified atom stereocenters. The Morgan fingerprint density at radius 2 is 0.429 bits per heavy atom. The van der Waals surface area contributed by atoms with Gasteiger partial charge in [0.1, 0.15) is 0 Å². The first kappa shape index (κ1) is 25.4. The van der Waals surface area contributed by atoms with Gasteiger partial charge in [-0.25, -0.2) is 0 Å². The van der Waals surface area contributed by atoms with Crippen LogP contribution in [0.15, 0.2) is 170 Å². The van der Waals surface area contributed by atoms with Crippen molar-refractivity contribution in [1.82, 2.24) is 9.97 Å². The SMILES string of the molecule is c1ccc(-c2ccc(-c3ccc(-c4nccnc4-c4ccc(-c5ccc(-c6ccccc6)cc5)cc4)cc3)cc2)cc1. The van der Waals surface area contributed by atoms with Gasteiger partial charge in [-0.2, -0.15) is 0 Å².